The SMILES string of the molecule is COC(=O)C[C@@H]1[C@]23C[C@@H](OC)C=CC2=CC(=O)N3CC[C@]1(O)C(Cl)S(=O)c1ccccc1. The summed E-state index contributed by atoms with van der Waals surface area (Å²) in [5.74, 6) is -1.57. The Balaban J connectivity index is 1.82. The molecule has 172 valence electrons. The van der Waals surface area contributed by atoms with Crippen LogP contribution in [0.5, 0.6) is 0 Å². The summed E-state index contributed by atoms with van der Waals surface area (Å²) in [6.45, 7) is 0.215. The maximum absolute atomic E-state index is 13.4. The number of carbonyl (C=O) groups is 2. The third-order valence-corrected chi connectivity index (χ3v) is 9.29. The summed E-state index contributed by atoms with van der Waals surface area (Å²) in [4.78, 5) is 27.6. The van der Waals surface area contributed by atoms with Gasteiger partial charge in [-0.05, 0) is 24.1 Å². The van der Waals surface area contributed by atoms with Crippen molar-refractivity contribution in [1.29, 1.82) is 0 Å². The Bertz CT molecular complexity index is 997. The molecule has 2 aliphatic heterocycles. The van der Waals surface area contributed by atoms with E-state index in [1.807, 2.05) is 12.2 Å². The zero-order chi connectivity index (χ0) is 23.1. The molecule has 0 saturated carbocycles. The first-order valence-corrected chi connectivity index (χ1v) is 12.1. The molecule has 32 heavy (non-hydrogen) atoms. The van der Waals surface area contributed by atoms with E-state index in [-0.39, 0.29) is 31.4 Å². The van der Waals surface area contributed by atoms with Crippen molar-refractivity contribution in [3.8, 4) is 0 Å². The van der Waals surface area contributed by atoms with Crippen molar-refractivity contribution in [3.05, 3.63) is 54.1 Å². The van der Waals surface area contributed by atoms with Crippen molar-refractivity contribution in [2.24, 2.45) is 5.92 Å². The molecule has 0 radical (unpaired) electrons. The van der Waals surface area contributed by atoms with Gasteiger partial charge in [0.25, 0.3) is 0 Å². The van der Waals surface area contributed by atoms with Crippen LogP contribution in [0.2, 0.25) is 0 Å². The zero-order valence-corrected chi connectivity index (χ0v) is 19.5. The largest absolute Gasteiger partial charge is 0.469 e. The first-order chi connectivity index (χ1) is 15.3. The molecule has 4 rings (SSSR count). The number of amides is 1. The number of hydrogen-bond acceptors (Lipinski definition) is 6. The standard InChI is InChI=1S/C23H26ClNO6S/c1-30-16-9-8-15-12-19(26)25-11-10-23(28,18(13-20(27)31-2)22(15,25)14-16)21(24)32(29)17-6-4-3-5-7-17/h3-9,12,16,18,21,28H,10-11,13-14H2,1-2H3/t16-,18+,21?,22-,23+,32?/m0/s1. The van der Waals surface area contributed by atoms with Crippen molar-refractivity contribution in [2.45, 2.75) is 46.1 Å². The van der Waals surface area contributed by atoms with Gasteiger partial charge >= 0.3 is 5.97 Å². The summed E-state index contributed by atoms with van der Waals surface area (Å²) < 4.78 is 22.6. The van der Waals surface area contributed by atoms with Crippen molar-refractivity contribution in [2.75, 3.05) is 20.8 Å². The first kappa shape index (κ1) is 23.2. The lowest BCUT2D eigenvalue weighted by molar-refractivity contribution is -0.165. The summed E-state index contributed by atoms with van der Waals surface area (Å²) in [5, 5.41) is 12.0. The molecule has 1 saturated heterocycles. The van der Waals surface area contributed by atoms with Crippen LogP contribution in [0.25, 0.3) is 0 Å². The molecule has 0 aromatic heterocycles. The molecule has 6 atom stereocenters. The number of rotatable bonds is 6. The van der Waals surface area contributed by atoms with Gasteiger partial charge in [0.15, 0.2) is 0 Å². The summed E-state index contributed by atoms with van der Waals surface area (Å²) >= 11 is 6.76. The van der Waals surface area contributed by atoms with Crippen LogP contribution in [0.15, 0.2) is 59.0 Å². The molecule has 1 aliphatic carbocycles. The van der Waals surface area contributed by atoms with Crippen molar-refractivity contribution < 1.29 is 28.4 Å². The Hall–Kier alpha value is -2.00. The van der Waals surface area contributed by atoms with Crippen LogP contribution < -0.4 is 0 Å². The highest BCUT2D eigenvalue weighted by molar-refractivity contribution is 7.87. The third-order valence-electron chi connectivity index (χ3n) is 6.90. The number of methoxy groups -OCH3 is 2. The molecule has 2 heterocycles. The highest BCUT2D eigenvalue weighted by Crippen LogP contribution is 2.55. The van der Waals surface area contributed by atoms with E-state index in [9.17, 15) is 18.9 Å². The minimum Gasteiger partial charge on any atom is -0.469 e. The van der Waals surface area contributed by atoms with Gasteiger partial charge in [0.05, 0.1) is 36.0 Å². The number of esters is 1. The first-order valence-electron chi connectivity index (χ1n) is 10.4. The normalized spacial score (nSPS) is 33.2. The van der Waals surface area contributed by atoms with Gasteiger partial charge in [-0.1, -0.05) is 30.4 Å². The molecule has 1 fully saturated rings. The van der Waals surface area contributed by atoms with E-state index < -0.39 is 38.5 Å². The number of hydrogen-bond donors (Lipinski definition) is 1. The fraction of sp³-hybridized carbons (Fsp3) is 0.478. The smallest absolute Gasteiger partial charge is 0.306 e. The molecule has 2 unspecified atom stereocenters. The van der Waals surface area contributed by atoms with E-state index in [0.29, 0.717) is 16.9 Å². The minimum absolute atomic E-state index is 0.0807. The van der Waals surface area contributed by atoms with Crippen LogP contribution >= 0.6 is 11.6 Å². The van der Waals surface area contributed by atoms with Crippen LogP contribution in [0.3, 0.4) is 0 Å². The van der Waals surface area contributed by atoms with Gasteiger partial charge < -0.3 is 19.5 Å². The second-order valence-corrected chi connectivity index (χ2v) is 10.6. The highest BCUT2D eigenvalue weighted by Gasteiger charge is 2.65. The summed E-state index contributed by atoms with van der Waals surface area (Å²) in [6.07, 6.45) is 5.13. The predicted octanol–water partition coefficient (Wildman–Crippen LogP) is 2.16. The molecule has 1 amide bonds. The molecule has 7 nitrogen and oxygen atoms in total. The van der Waals surface area contributed by atoms with E-state index in [1.54, 1.807) is 42.3 Å². The van der Waals surface area contributed by atoms with Gasteiger partial charge in [0, 0.05) is 37.0 Å². The lowest BCUT2D eigenvalue weighted by Gasteiger charge is -2.58. The molecule has 3 aliphatic rings. The van der Waals surface area contributed by atoms with Crippen molar-refractivity contribution >= 4 is 34.3 Å². The second kappa shape index (κ2) is 8.74. The molecule has 9 heteroatoms. The van der Waals surface area contributed by atoms with Gasteiger partial charge in [-0.25, -0.2) is 0 Å². The van der Waals surface area contributed by atoms with E-state index in [0.717, 1.165) is 0 Å². The Labute approximate surface area is 194 Å². The molecule has 1 spiro atoms. The zero-order valence-electron chi connectivity index (χ0n) is 17.9. The van der Waals surface area contributed by atoms with E-state index in [4.69, 9.17) is 21.1 Å². The van der Waals surface area contributed by atoms with Gasteiger partial charge in [0.2, 0.25) is 5.91 Å². The topological polar surface area (TPSA) is 93.1 Å². The predicted molar refractivity (Wildman–Crippen MR) is 119 cm³/mol. The number of aliphatic hydroxyl groups is 1. The van der Waals surface area contributed by atoms with Crippen LogP contribution in [-0.2, 0) is 29.9 Å². The lowest BCUT2D eigenvalue weighted by atomic mass is 9.61. The van der Waals surface area contributed by atoms with Crippen LogP contribution in [0.4, 0.5) is 0 Å². The number of nitrogens with zero attached hydrogens (tertiary/aromatic N) is 1. The fourth-order valence-corrected chi connectivity index (χ4v) is 7.19. The number of halogens is 1. The van der Waals surface area contributed by atoms with E-state index >= 15 is 0 Å². The van der Waals surface area contributed by atoms with Crippen molar-refractivity contribution in [3.63, 3.8) is 0 Å². The fourth-order valence-electron chi connectivity index (χ4n) is 5.30. The number of ether oxygens (including phenoxy) is 2. The monoisotopic (exact) mass is 479 g/mol. The van der Waals surface area contributed by atoms with Crippen LogP contribution in [-0.4, -0.2) is 68.8 Å². The Morgan fingerprint density at radius 1 is 1.34 bits per heavy atom. The molecular formula is C23H26ClNO6S. The van der Waals surface area contributed by atoms with Gasteiger partial charge in [-0.3, -0.25) is 13.8 Å². The maximum atomic E-state index is 13.4. The number of benzene rings is 1. The number of piperidine rings is 1. The molecule has 1 aromatic rings. The molecule has 1 aromatic carbocycles. The molecular weight excluding hydrogens is 454 g/mol. The maximum Gasteiger partial charge on any atom is 0.306 e. The highest BCUT2D eigenvalue weighted by atomic mass is 35.5. The average molecular weight is 480 g/mol. The average Bonchev–Trinajstić information content (AvgIpc) is 3.11. The summed E-state index contributed by atoms with van der Waals surface area (Å²) in [7, 11) is 1.09. The summed E-state index contributed by atoms with van der Waals surface area (Å²) in [6, 6.07) is 8.68. The van der Waals surface area contributed by atoms with E-state index in [1.165, 1.54) is 13.2 Å². The quantitative estimate of drug-likeness (QED) is 0.496. The van der Waals surface area contributed by atoms with Gasteiger partial charge in [-0.15, -0.1) is 11.6 Å². The number of alkyl halides is 1. The minimum atomic E-state index is -1.75. The second-order valence-electron chi connectivity index (χ2n) is 8.35. The van der Waals surface area contributed by atoms with E-state index in [2.05, 4.69) is 0 Å². The lowest BCUT2D eigenvalue weighted by Crippen LogP contribution is -2.70. The Kier molecular flexibility index (Phi) is 6.33. The van der Waals surface area contributed by atoms with Crippen LogP contribution in [0, 0.1) is 5.92 Å². The Morgan fingerprint density at radius 3 is 2.72 bits per heavy atom. The van der Waals surface area contributed by atoms with Gasteiger partial charge in [-0.2, -0.15) is 0 Å². The number of carbonyl (C=O) groups excluding carboxylic acids is 2. The third kappa shape index (κ3) is 3.53. The Morgan fingerprint density at radius 2 is 2.06 bits per heavy atom. The molecule has 0 bridgehead atoms. The van der Waals surface area contributed by atoms with Gasteiger partial charge in [0.1, 0.15) is 10.3 Å². The van der Waals surface area contributed by atoms with Crippen LogP contribution in [0.1, 0.15) is 19.3 Å². The molecule has 1 N–H and O–H groups in total. The van der Waals surface area contributed by atoms with Crippen molar-refractivity contribution in [1.82, 2.24) is 4.90 Å². The summed E-state index contributed by atoms with van der Waals surface area (Å²) in [5.41, 5.74) is -2.03.